The Balaban J connectivity index is 0.00000180. The van der Waals surface area contributed by atoms with E-state index in [0.29, 0.717) is 29.1 Å². The summed E-state index contributed by atoms with van der Waals surface area (Å²) in [6.07, 6.45) is 0. The van der Waals surface area contributed by atoms with Gasteiger partial charge in [0.15, 0.2) is 0 Å². The number of halogens is 3. The highest BCUT2D eigenvalue weighted by molar-refractivity contribution is 9.10. The molecule has 1 saturated heterocycles. The first kappa shape index (κ1) is 17.2. The Morgan fingerprint density at radius 1 is 1.47 bits per heavy atom. The molecule has 1 fully saturated rings. The molecule has 0 bridgehead atoms. The van der Waals surface area contributed by atoms with Crippen LogP contribution in [0.1, 0.15) is 6.92 Å². The Bertz CT molecular complexity index is 554. The summed E-state index contributed by atoms with van der Waals surface area (Å²) in [5, 5.41) is 3.62. The van der Waals surface area contributed by atoms with Gasteiger partial charge >= 0.3 is 0 Å². The summed E-state index contributed by atoms with van der Waals surface area (Å²) in [4.78, 5) is 0.226. The minimum absolute atomic E-state index is 0. The van der Waals surface area contributed by atoms with E-state index in [1.54, 1.807) is 18.2 Å². The molecule has 2 rings (SSSR count). The maximum absolute atomic E-state index is 12.5. The average molecular weight is 390 g/mol. The molecule has 1 N–H and O–H groups in total. The van der Waals surface area contributed by atoms with Gasteiger partial charge in [-0.1, -0.05) is 17.7 Å². The van der Waals surface area contributed by atoms with Crippen molar-refractivity contribution < 1.29 is 8.42 Å². The third-order valence-electron chi connectivity index (χ3n) is 2.87. The maximum atomic E-state index is 12.5. The lowest BCUT2D eigenvalue weighted by Gasteiger charge is -2.31. The lowest BCUT2D eigenvalue weighted by Crippen LogP contribution is -2.51. The molecule has 8 heteroatoms. The second-order valence-corrected chi connectivity index (χ2v) is 7.38. The molecule has 0 amide bonds. The third-order valence-corrected chi connectivity index (χ3v) is 6.43. The van der Waals surface area contributed by atoms with E-state index in [-0.39, 0.29) is 23.3 Å². The largest absolute Gasteiger partial charge is 0.312 e. The first-order chi connectivity index (χ1) is 8.43. The topological polar surface area (TPSA) is 49.4 Å². The first-order valence-corrected chi connectivity index (χ1v) is 8.21. The predicted octanol–water partition coefficient (Wildman–Crippen LogP) is 2.51. The molecule has 1 aromatic carbocycles. The summed E-state index contributed by atoms with van der Waals surface area (Å²) in [6.45, 7) is 3.58. The van der Waals surface area contributed by atoms with Gasteiger partial charge in [0.2, 0.25) is 10.0 Å². The monoisotopic (exact) mass is 388 g/mol. The van der Waals surface area contributed by atoms with E-state index < -0.39 is 10.0 Å². The Hall–Kier alpha value is 0.150. The van der Waals surface area contributed by atoms with Crippen LogP contribution in [0.15, 0.2) is 27.6 Å². The van der Waals surface area contributed by atoms with Crippen LogP contribution in [0.4, 0.5) is 0 Å². The first-order valence-electron chi connectivity index (χ1n) is 5.60. The summed E-state index contributed by atoms with van der Waals surface area (Å²) >= 11 is 9.19. The van der Waals surface area contributed by atoms with Gasteiger partial charge in [-0.3, -0.25) is 0 Å². The zero-order chi connectivity index (χ0) is 13.3. The summed E-state index contributed by atoms with van der Waals surface area (Å²) < 4.78 is 26.9. The van der Waals surface area contributed by atoms with Crippen LogP contribution in [0.25, 0.3) is 0 Å². The number of nitrogens with zero attached hydrogens (tertiary/aromatic N) is 1. The lowest BCUT2D eigenvalue weighted by molar-refractivity contribution is 0.310. The quantitative estimate of drug-likeness (QED) is 0.845. The van der Waals surface area contributed by atoms with Crippen LogP contribution < -0.4 is 5.32 Å². The Labute approximate surface area is 133 Å². The number of benzene rings is 1. The number of piperazine rings is 1. The van der Waals surface area contributed by atoms with Crippen molar-refractivity contribution in [3.05, 3.63) is 27.7 Å². The fraction of sp³-hybridized carbons (Fsp3) is 0.455. The fourth-order valence-electron chi connectivity index (χ4n) is 1.94. The van der Waals surface area contributed by atoms with Crippen LogP contribution in [0.5, 0.6) is 0 Å². The molecule has 0 aromatic heterocycles. The van der Waals surface area contributed by atoms with Crippen molar-refractivity contribution in [2.24, 2.45) is 0 Å². The molecule has 1 heterocycles. The molecule has 19 heavy (non-hydrogen) atoms. The van der Waals surface area contributed by atoms with Gasteiger partial charge in [-0.2, -0.15) is 4.31 Å². The summed E-state index contributed by atoms with van der Waals surface area (Å²) in [6, 6.07) is 5.03. The number of nitrogens with one attached hydrogen (secondary N) is 1. The van der Waals surface area contributed by atoms with Gasteiger partial charge in [0.05, 0.1) is 14.4 Å². The van der Waals surface area contributed by atoms with E-state index in [4.69, 9.17) is 11.6 Å². The van der Waals surface area contributed by atoms with E-state index in [0.717, 1.165) is 0 Å². The van der Waals surface area contributed by atoms with Crippen molar-refractivity contribution in [3.8, 4) is 0 Å². The normalized spacial score (nSPS) is 20.9. The molecule has 1 aliphatic rings. The number of rotatable bonds is 2. The van der Waals surface area contributed by atoms with E-state index in [1.807, 2.05) is 6.92 Å². The standard InChI is InChI=1S/C11H14BrClN2O2S.ClH/c1-8-7-15(6-5-14-8)18(16,17)10-4-2-3-9(13)11(10)12;/h2-4,8,14H,5-7H2,1H3;1H. The van der Waals surface area contributed by atoms with Crippen LogP contribution >= 0.6 is 39.9 Å². The molecule has 0 saturated carbocycles. The van der Waals surface area contributed by atoms with Crippen molar-refractivity contribution in [1.29, 1.82) is 0 Å². The van der Waals surface area contributed by atoms with E-state index >= 15 is 0 Å². The molecule has 1 atom stereocenters. The average Bonchev–Trinajstić information content (AvgIpc) is 2.32. The zero-order valence-corrected chi connectivity index (χ0v) is 14.2. The molecule has 0 radical (unpaired) electrons. The Morgan fingerprint density at radius 3 is 2.79 bits per heavy atom. The molecular weight excluding hydrogens is 375 g/mol. The molecule has 1 aromatic rings. The van der Waals surface area contributed by atoms with Gasteiger partial charge in [-0.05, 0) is 35.0 Å². The lowest BCUT2D eigenvalue weighted by atomic mass is 10.3. The molecule has 108 valence electrons. The van der Waals surface area contributed by atoms with Crippen molar-refractivity contribution in [3.63, 3.8) is 0 Å². The van der Waals surface area contributed by atoms with Gasteiger partial charge < -0.3 is 5.32 Å². The number of hydrogen-bond acceptors (Lipinski definition) is 3. The molecule has 1 unspecified atom stereocenters. The highest BCUT2D eigenvalue weighted by Crippen LogP contribution is 2.31. The zero-order valence-electron chi connectivity index (χ0n) is 10.3. The summed E-state index contributed by atoms with van der Waals surface area (Å²) in [5.74, 6) is 0. The highest BCUT2D eigenvalue weighted by Gasteiger charge is 2.30. The molecule has 0 aliphatic carbocycles. The minimum Gasteiger partial charge on any atom is -0.312 e. The van der Waals surface area contributed by atoms with Crippen LogP contribution in [-0.2, 0) is 10.0 Å². The van der Waals surface area contributed by atoms with Gasteiger partial charge in [0.25, 0.3) is 0 Å². The van der Waals surface area contributed by atoms with Crippen LogP contribution in [0.3, 0.4) is 0 Å². The van der Waals surface area contributed by atoms with Crippen molar-refractivity contribution >= 4 is 50.0 Å². The van der Waals surface area contributed by atoms with Crippen LogP contribution in [0.2, 0.25) is 5.02 Å². The summed E-state index contributed by atoms with van der Waals surface area (Å²) in [5.41, 5.74) is 0. The third kappa shape index (κ3) is 3.62. The smallest absolute Gasteiger partial charge is 0.244 e. The predicted molar refractivity (Wildman–Crippen MR) is 82.6 cm³/mol. The van der Waals surface area contributed by atoms with E-state index in [1.165, 1.54) is 4.31 Å². The maximum Gasteiger partial charge on any atom is 0.244 e. The molecule has 1 aliphatic heterocycles. The van der Waals surface area contributed by atoms with Crippen molar-refractivity contribution in [1.82, 2.24) is 9.62 Å². The van der Waals surface area contributed by atoms with Crippen LogP contribution in [0, 0.1) is 0 Å². The van der Waals surface area contributed by atoms with Gasteiger partial charge in [0.1, 0.15) is 0 Å². The highest BCUT2D eigenvalue weighted by atomic mass is 79.9. The Kier molecular flexibility index (Phi) is 6.10. The van der Waals surface area contributed by atoms with E-state index in [2.05, 4.69) is 21.2 Å². The van der Waals surface area contributed by atoms with Crippen LogP contribution in [-0.4, -0.2) is 38.4 Å². The Morgan fingerprint density at radius 2 is 2.16 bits per heavy atom. The van der Waals surface area contributed by atoms with Gasteiger partial charge in [0, 0.05) is 25.7 Å². The van der Waals surface area contributed by atoms with Gasteiger partial charge in [-0.25, -0.2) is 8.42 Å². The second-order valence-electron chi connectivity index (χ2n) is 4.27. The number of sulfonamides is 1. The molecular formula is C11H15BrCl2N2O2S. The minimum atomic E-state index is -3.49. The SMILES string of the molecule is CC1CN(S(=O)(=O)c2cccc(Cl)c2Br)CCN1.Cl. The molecule has 0 spiro atoms. The van der Waals surface area contributed by atoms with E-state index in [9.17, 15) is 8.42 Å². The van der Waals surface area contributed by atoms with Crippen molar-refractivity contribution in [2.75, 3.05) is 19.6 Å². The summed E-state index contributed by atoms with van der Waals surface area (Å²) in [7, 11) is -3.49. The number of hydrogen-bond donors (Lipinski definition) is 1. The molecule has 4 nitrogen and oxygen atoms in total. The second kappa shape index (κ2) is 6.74. The fourth-order valence-corrected chi connectivity index (χ4v) is 4.66. The van der Waals surface area contributed by atoms with Crippen molar-refractivity contribution in [2.45, 2.75) is 17.9 Å². The van der Waals surface area contributed by atoms with Gasteiger partial charge in [-0.15, -0.1) is 12.4 Å².